The fourth-order valence-corrected chi connectivity index (χ4v) is 4.13. The van der Waals surface area contributed by atoms with Crippen molar-refractivity contribution >= 4 is 11.6 Å². The summed E-state index contributed by atoms with van der Waals surface area (Å²) in [6.45, 7) is 3.04. The maximum atomic E-state index is 13.1. The highest BCUT2D eigenvalue weighted by molar-refractivity contribution is 5.76. The standard InChI is InChI=1S/C25H27FN4O/c26-22-9-6-20(7-10-22)8-11-25(31)30-15-14-29(24-4-2-1-3-5-24)18-21(19-30)16-23-17-27-12-13-28-23/h1-7,9-10,12-13,17,21H,8,11,14-16,18-19H2. The van der Waals surface area contributed by atoms with Gasteiger partial charge in [-0.2, -0.15) is 0 Å². The quantitative estimate of drug-likeness (QED) is 0.612. The van der Waals surface area contributed by atoms with Crippen LogP contribution in [0, 0.1) is 11.7 Å². The van der Waals surface area contributed by atoms with Gasteiger partial charge in [0, 0.05) is 56.9 Å². The molecule has 0 saturated carbocycles. The number of anilines is 1. The van der Waals surface area contributed by atoms with Crippen molar-refractivity contribution in [2.45, 2.75) is 19.3 Å². The number of para-hydroxylation sites is 1. The Kier molecular flexibility index (Phi) is 6.87. The van der Waals surface area contributed by atoms with E-state index in [0.717, 1.165) is 30.8 Å². The van der Waals surface area contributed by atoms with Crippen molar-refractivity contribution in [3.05, 3.63) is 90.3 Å². The van der Waals surface area contributed by atoms with E-state index in [-0.39, 0.29) is 17.6 Å². The van der Waals surface area contributed by atoms with Crippen LogP contribution in [0.1, 0.15) is 17.7 Å². The zero-order chi connectivity index (χ0) is 21.5. The van der Waals surface area contributed by atoms with Crippen molar-refractivity contribution in [1.82, 2.24) is 14.9 Å². The SMILES string of the molecule is O=C(CCc1ccc(F)cc1)N1CCN(c2ccccc2)CC(Cc2cnccn2)C1. The maximum absolute atomic E-state index is 13.1. The molecule has 1 atom stereocenters. The van der Waals surface area contributed by atoms with Gasteiger partial charge in [0.2, 0.25) is 5.91 Å². The van der Waals surface area contributed by atoms with Crippen LogP contribution >= 0.6 is 0 Å². The predicted molar refractivity (Wildman–Crippen MR) is 119 cm³/mol. The Balaban J connectivity index is 1.45. The van der Waals surface area contributed by atoms with E-state index >= 15 is 0 Å². The second-order valence-corrected chi connectivity index (χ2v) is 8.01. The molecule has 160 valence electrons. The Morgan fingerprint density at radius 2 is 1.81 bits per heavy atom. The van der Waals surface area contributed by atoms with E-state index < -0.39 is 0 Å². The number of hydrogen-bond donors (Lipinski definition) is 0. The van der Waals surface area contributed by atoms with Gasteiger partial charge in [0.25, 0.3) is 0 Å². The van der Waals surface area contributed by atoms with Crippen molar-refractivity contribution in [1.29, 1.82) is 0 Å². The Hall–Kier alpha value is -3.28. The summed E-state index contributed by atoms with van der Waals surface area (Å²) in [5.74, 6) is 0.146. The van der Waals surface area contributed by atoms with Crippen LogP contribution in [0.4, 0.5) is 10.1 Å². The molecule has 0 radical (unpaired) electrons. The minimum Gasteiger partial charge on any atom is -0.369 e. The van der Waals surface area contributed by atoms with Crippen LogP contribution in [-0.2, 0) is 17.6 Å². The van der Waals surface area contributed by atoms with Crippen molar-refractivity contribution < 1.29 is 9.18 Å². The summed E-state index contributed by atoms with van der Waals surface area (Å²) < 4.78 is 13.1. The number of hydrogen-bond acceptors (Lipinski definition) is 4. The topological polar surface area (TPSA) is 49.3 Å². The molecular weight excluding hydrogens is 391 g/mol. The lowest BCUT2D eigenvalue weighted by molar-refractivity contribution is -0.131. The monoisotopic (exact) mass is 418 g/mol. The molecule has 2 heterocycles. The fourth-order valence-electron chi connectivity index (χ4n) is 4.13. The molecule has 1 fully saturated rings. The number of aromatic nitrogens is 2. The molecule has 0 bridgehead atoms. The minimum absolute atomic E-state index is 0.142. The molecule has 1 amide bonds. The summed E-state index contributed by atoms with van der Waals surface area (Å²) in [6.07, 6.45) is 7.02. The van der Waals surface area contributed by atoms with Gasteiger partial charge < -0.3 is 9.80 Å². The molecule has 0 spiro atoms. The van der Waals surface area contributed by atoms with Gasteiger partial charge in [-0.1, -0.05) is 30.3 Å². The third-order valence-electron chi connectivity index (χ3n) is 5.73. The molecule has 1 saturated heterocycles. The number of amides is 1. The first kappa shape index (κ1) is 21.0. The molecule has 31 heavy (non-hydrogen) atoms. The Labute approximate surface area is 182 Å². The number of halogens is 1. The minimum atomic E-state index is -0.254. The molecule has 0 N–H and O–H groups in total. The van der Waals surface area contributed by atoms with Gasteiger partial charge in [-0.3, -0.25) is 14.8 Å². The van der Waals surface area contributed by atoms with E-state index in [2.05, 4.69) is 27.0 Å². The smallest absolute Gasteiger partial charge is 0.222 e. The van der Waals surface area contributed by atoms with Gasteiger partial charge in [0.05, 0.1) is 5.69 Å². The van der Waals surface area contributed by atoms with Crippen LogP contribution < -0.4 is 4.90 Å². The third kappa shape index (κ3) is 5.87. The first-order valence-electron chi connectivity index (χ1n) is 10.7. The Bertz CT molecular complexity index is 966. The lowest BCUT2D eigenvalue weighted by Crippen LogP contribution is -2.36. The molecular formula is C25H27FN4O. The molecule has 6 heteroatoms. The van der Waals surface area contributed by atoms with Gasteiger partial charge in [-0.15, -0.1) is 0 Å². The normalized spacial score (nSPS) is 16.7. The van der Waals surface area contributed by atoms with E-state index in [0.29, 0.717) is 25.9 Å². The van der Waals surface area contributed by atoms with Crippen LogP contribution in [0.2, 0.25) is 0 Å². The van der Waals surface area contributed by atoms with Gasteiger partial charge >= 0.3 is 0 Å². The van der Waals surface area contributed by atoms with E-state index in [4.69, 9.17) is 0 Å². The summed E-state index contributed by atoms with van der Waals surface area (Å²) in [4.78, 5) is 26.0. The van der Waals surface area contributed by atoms with Crippen molar-refractivity contribution in [2.75, 3.05) is 31.1 Å². The lowest BCUT2D eigenvalue weighted by atomic mass is 10.0. The maximum Gasteiger partial charge on any atom is 0.222 e. The summed E-state index contributed by atoms with van der Waals surface area (Å²) in [7, 11) is 0. The summed E-state index contributed by atoms with van der Waals surface area (Å²) in [5.41, 5.74) is 3.10. The van der Waals surface area contributed by atoms with E-state index in [1.54, 1.807) is 30.7 Å². The van der Waals surface area contributed by atoms with Gasteiger partial charge in [0.1, 0.15) is 5.82 Å². The highest BCUT2D eigenvalue weighted by Crippen LogP contribution is 2.21. The number of nitrogens with zero attached hydrogens (tertiary/aromatic N) is 4. The summed E-state index contributed by atoms with van der Waals surface area (Å²) in [5, 5.41) is 0. The van der Waals surface area contributed by atoms with E-state index in [9.17, 15) is 9.18 Å². The predicted octanol–water partition coefficient (Wildman–Crippen LogP) is 3.76. The average Bonchev–Trinajstić information content (AvgIpc) is 3.02. The van der Waals surface area contributed by atoms with Crippen LogP contribution in [0.25, 0.3) is 0 Å². The van der Waals surface area contributed by atoms with Crippen LogP contribution in [0.15, 0.2) is 73.2 Å². The largest absolute Gasteiger partial charge is 0.369 e. The third-order valence-corrected chi connectivity index (χ3v) is 5.73. The van der Waals surface area contributed by atoms with Crippen molar-refractivity contribution in [3.8, 4) is 0 Å². The zero-order valence-electron chi connectivity index (χ0n) is 17.5. The van der Waals surface area contributed by atoms with Crippen LogP contribution in [0.3, 0.4) is 0 Å². The van der Waals surface area contributed by atoms with Gasteiger partial charge in [-0.25, -0.2) is 4.39 Å². The zero-order valence-corrected chi connectivity index (χ0v) is 17.5. The van der Waals surface area contributed by atoms with Gasteiger partial charge in [-0.05, 0) is 48.6 Å². The Morgan fingerprint density at radius 1 is 1.00 bits per heavy atom. The van der Waals surface area contributed by atoms with Crippen LogP contribution in [-0.4, -0.2) is 47.0 Å². The molecule has 1 unspecified atom stereocenters. The van der Waals surface area contributed by atoms with E-state index in [1.807, 2.05) is 23.1 Å². The molecule has 2 aromatic carbocycles. The van der Waals surface area contributed by atoms with Crippen molar-refractivity contribution in [2.24, 2.45) is 5.92 Å². The second kappa shape index (κ2) is 10.2. The first-order valence-corrected chi connectivity index (χ1v) is 10.7. The van der Waals surface area contributed by atoms with E-state index in [1.165, 1.54) is 17.8 Å². The van der Waals surface area contributed by atoms with Crippen molar-refractivity contribution in [3.63, 3.8) is 0 Å². The first-order chi connectivity index (χ1) is 15.2. The number of rotatable bonds is 6. The number of carbonyl (C=O) groups is 1. The molecule has 1 aliphatic heterocycles. The molecule has 3 aromatic rings. The highest BCUT2D eigenvalue weighted by atomic mass is 19.1. The lowest BCUT2D eigenvalue weighted by Gasteiger charge is -2.25. The second-order valence-electron chi connectivity index (χ2n) is 8.01. The number of aryl methyl sites for hydroxylation is 1. The average molecular weight is 419 g/mol. The molecule has 1 aliphatic rings. The molecule has 0 aliphatic carbocycles. The molecule has 5 nitrogen and oxygen atoms in total. The summed E-state index contributed by atoms with van der Waals surface area (Å²) >= 11 is 0. The highest BCUT2D eigenvalue weighted by Gasteiger charge is 2.26. The molecule has 4 rings (SSSR count). The van der Waals surface area contributed by atoms with Crippen LogP contribution in [0.5, 0.6) is 0 Å². The summed E-state index contributed by atoms with van der Waals surface area (Å²) in [6, 6.07) is 16.7. The molecule has 1 aromatic heterocycles. The fraction of sp³-hybridized carbons (Fsp3) is 0.320. The van der Waals surface area contributed by atoms with Gasteiger partial charge in [0.15, 0.2) is 0 Å². The number of benzene rings is 2. The number of carbonyl (C=O) groups excluding carboxylic acids is 1. The Morgan fingerprint density at radius 3 is 2.55 bits per heavy atom.